The lowest BCUT2D eigenvalue weighted by Crippen LogP contribution is -2.33. The van der Waals surface area contributed by atoms with Crippen LogP contribution in [0.5, 0.6) is 0 Å². The molecule has 0 fully saturated rings. The Morgan fingerprint density at radius 1 is 1.04 bits per heavy atom. The lowest BCUT2D eigenvalue weighted by Gasteiger charge is -2.21. The van der Waals surface area contributed by atoms with Crippen LogP contribution in [0.25, 0.3) is 0 Å². The number of rotatable bonds is 7. The predicted molar refractivity (Wildman–Crippen MR) is 90.1 cm³/mol. The third-order valence-corrected chi connectivity index (χ3v) is 3.79. The van der Waals surface area contributed by atoms with E-state index in [0.717, 1.165) is 17.7 Å². The molecule has 1 N–H and O–H groups in total. The molecule has 2 aromatic rings. The van der Waals surface area contributed by atoms with Crippen LogP contribution in [-0.4, -0.2) is 19.8 Å². The minimum Gasteiger partial charge on any atom is -0.359 e. The molecule has 0 heterocycles. The number of benzene rings is 2. The van der Waals surface area contributed by atoms with Gasteiger partial charge in [0.2, 0.25) is 0 Å². The van der Waals surface area contributed by atoms with Gasteiger partial charge in [0, 0.05) is 7.11 Å². The highest BCUT2D eigenvalue weighted by molar-refractivity contribution is 5.82. The number of carbonyl (C=O) groups is 1. The van der Waals surface area contributed by atoms with Crippen molar-refractivity contribution in [2.45, 2.75) is 25.2 Å². The molecule has 0 spiro atoms. The monoisotopic (exact) mass is 367 g/mol. The SMILES string of the molecule is COCO[C@H](C(=O)N[C@@H](C)c1ccccc1)c1ccc(C(F)(F)F)cc1. The van der Waals surface area contributed by atoms with Crippen molar-refractivity contribution in [1.29, 1.82) is 0 Å². The molecule has 0 aliphatic heterocycles. The molecule has 0 saturated heterocycles. The first kappa shape index (κ1) is 19.9. The molecule has 4 nitrogen and oxygen atoms in total. The summed E-state index contributed by atoms with van der Waals surface area (Å²) in [5.41, 5.74) is 0.427. The van der Waals surface area contributed by atoms with E-state index in [1.807, 2.05) is 37.3 Å². The van der Waals surface area contributed by atoms with Crippen LogP contribution in [0, 0.1) is 0 Å². The van der Waals surface area contributed by atoms with Crippen molar-refractivity contribution in [2.24, 2.45) is 0 Å². The van der Waals surface area contributed by atoms with Gasteiger partial charge >= 0.3 is 6.18 Å². The van der Waals surface area contributed by atoms with E-state index in [4.69, 9.17) is 9.47 Å². The van der Waals surface area contributed by atoms with Crippen LogP contribution in [0.2, 0.25) is 0 Å². The second-order valence-corrected chi connectivity index (χ2v) is 5.71. The molecular formula is C19H20F3NO3. The molecule has 0 saturated carbocycles. The molecule has 0 aliphatic carbocycles. The second kappa shape index (κ2) is 8.82. The first-order valence-corrected chi connectivity index (χ1v) is 7.96. The van der Waals surface area contributed by atoms with Crippen LogP contribution in [-0.2, 0) is 20.4 Å². The van der Waals surface area contributed by atoms with Crippen LogP contribution in [0.15, 0.2) is 54.6 Å². The van der Waals surface area contributed by atoms with E-state index in [9.17, 15) is 18.0 Å². The molecule has 26 heavy (non-hydrogen) atoms. The van der Waals surface area contributed by atoms with E-state index in [2.05, 4.69) is 5.32 Å². The van der Waals surface area contributed by atoms with E-state index in [1.165, 1.54) is 19.2 Å². The third-order valence-electron chi connectivity index (χ3n) is 3.79. The van der Waals surface area contributed by atoms with Gasteiger partial charge in [0.05, 0.1) is 11.6 Å². The molecule has 2 rings (SSSR count). The standard InChI is InChI=1S/C19H20F3NO3/c1-13(14-6-4-3-5-7-14)23-18(24)17(26-12-25-2)15-8-10-16(11-9-15)19(20,21)22/h3-11,13,17H,12H2,1-2H3,(H,23,24)/t13-,17-/m0/s1. The summed E-state index contributed by atoms with van der Waals surface area (Å²) < 4.78 is 48.3. The summed E-state index contributed by atoms with van der Waals surface area (Å²) in [5, 5.41) is 2.81. The number of halogens is 3. The summed E-state index contributed by atoms with van der Waals surface area (Å²) in [7, 11) is 1.40. The second-order valence-electron chi connectivity index (χ2n) is 5.71. The topological polar surface area (TPSA) is 47.6 Å². The van der Waals surface area contributed by atoms with Crippen LogP contribution in [0.4, 0.5) is 13.2 Å². The number of methoxy groups -OCH3 is 1. The van der Waals surface area contributed by atoms with Gasteiger partial charge in [-0.2, -0.15) is 13.2 Å². The van der Waals surface area contributed by atoms with Gasteiger partial charge in [-0.25, -0.2) is 0 Å². The largest absolute Gasteiger partial charge is 0.416 e. The number of nitrogens with one attached hydrogen (secondary N) is 1. The fourth-order valence-corrected chi connectivity index (χ4v) is 2.42. The van der Waals surface area contributed by atoms with Crippen LogP contribution in [0.3, 0.4) is 0 Å². The van der Waals surface area contributed by atoms with Crippen molar-refractivity contribution >= 4 is 5.91 Å². The van der Waals surface area contributed by atoms with Crippen molar-refractivity contribution in [3.05, 3.63) is 71.3 Å². The highest BCUT2D eigenvalue weighted by Crippen LogP contribution is 2.30. The summed E-state index contributed by atoms with van der Waals surface area (Å²) in [6.07, 6.45) is -5.52. The van der Waals surface area contributed by atoms with E-state index >= 15 is 0 Å². The number of hydrogen-bond acceptors (Lipinski definition) is 3. The predicted octanol–water partition coefficient (Wildman–Crippen LogP) is 4.24. The summed E-state index contributed by atoms with van der Waals surface area (Å²) in [5.74, 6) is -0.460. The summed E-state index contributed by atoms with van der Waals surface area (Å²) in [6.45, 7) is 1.65. The van der Waals surface area contributed by atoms with Gasteiger partial charge in [0.25, 0.3) is 5.91 Å². The zero-order valence-corrected chi connectivity index (χ0v) is 14.4. The van der Waals surface area contributed by atoms with Crippen LogP contribution >= 0.6 is 0 Å². The minimum atomic E-state index is -4.44. The zero-order valence-electron chi connectivity index (χ0n) is 14.4. The maximum absolute atomic E-state index is 12.7. The summed E-state index contributed by atoms with van der Waals surface area (Å²) in [4.78, 5) is 12.6. The molecule has 2 atom stereocenters. The van der Waals surface area contributed by atoms with Crippen LogP contribution < -0.4 is 5.32 Å². The Labute approximate surface area is 149 Å². The van der Waals surface area contributed by atoms with Crippen molar-refractivity contribution in [1.82, 2.24) is 5.32 Å². The van der Waals surface area contributed by atoms with Gasteiger partial charge in [0.1, 0.15) is 6.79 Å². The fraction of sp³-hybridized carbons (Fsp3) is 0.316. The molecule has 140 valence electrons. The third kappa shape index (κ3) is 5.31. The normalized spacial score (nSPS) is 13.9. The van der Waals surface area contributed by atoms with E-state index in [1.54, 1.807) is 0 Å². The Hall–Kier alpha value is -2.38. The van der Waals surface area contributed by atoms with Gasteiger partial charge in [-0.1, -0.05) is 42.5 Å². The average molecular weight is 367 g/mol. The molecule has 0 bridgehead atoms. The van der Waals surface area contributed by atoms with Gasteiger partial charge < -0.3 is 14.8 Å². The van der Waals surface area contributed by atoms with Gasteiger partial charge in [0.15, 0.2) is 6.10 Å². The van der Waals surface area contributed by atoms with E-state index in [-0.39, 0.29) is 12.8 Å². The summed E-state index contributed by atoms with van der Waals surface area (Å²) in [6, 6.07) is 13.3. The molecule has 7 heteroatoms. The van der Waals surface area contributed by atoms with Gasteiger partial charge in [-0.3, -0.25) is 4.79 Å². The van der Waals surface area contributed by atoms with Crippen molar-refractivity contribution < 1.29 is 27.4 Å². The molecule has 1 amide bonds. The number of ether oxygens (including phenoxy) is 2. The lowest BCUT2D eigenvalue weighted by atomic mass is 10.0. The maximum atomic E-state index is 12.7. The van der Waals surface area contributed by atoms with Crippen molar-refractivity contribution in [2.75, 3.05) is 13.9 Å². The Kier molecular flexibility index (Phi) is 6.76. The quantitative estimate of drug-likeness (QED) is 0.745. The highest BCUT2D eigenvalue weighted by atomic mass is 19.4. The lowest BCUT2D eigenvalue weighted by molar-refractivity contribution is -0.143. The van der Waals surface area contributed by atoms with Crippen LogP contribution in [0.1, 0.15) is 35.8 Å². The molecule has 0 aromatic heterocycles. The van der Waals surface area contributed by atoms with Crippen molar-refractivity contribution in [3.63, 3.8) is 0 Å². The number of carbonyl (C=O) groups excluding carboxylic acids is 1. The Morgan fingerprint density at radius 2 is 1.65 bits per heavy atom. The maximum Gasteiger partial charge on any atom is 0.416 e. The molecule has 2 aromatic carbocycles. The molecule has 0 radical (unpaired) electrons. The smallest absolute Gasteiger partial charge is 0.359 e. The highest BCUT2D eigenvalue weighted by Gasteiger charge is 2.31. The average Bonchev–Trinajstić information content (AvgIpc) is 2.62. The number of hydrogen-bond donors (Lipinski definition) is 1. The summed E-state index contributed by atoms with van der Waals surface area (Å²) >= 11 is 0. The fourth-order valence-electron chi connectivity index (χ4n) is 2.42. The Balaban J connectivity index is 2.16. The minimum absolute atomic E-state index is 0.168. The molecule has 0 unspecified atom stereocenters. The molecule has 0 aliphatic rings. The van der Waals surface area contributed by atoms with Crippen molar-refractivity contribution in [3.8, 4) is 0 Å². The van der Waals surface area contributed by atoms with E-state index in [0.29, 0.717) is 5.56 Å². The van der Waals surface area contributed by atoms with Gasteiger partial charge in [-0.05, 0) is 30.2 Å². The van der Waals surface area contributed by atoms with Gasteiger partial charge in [-0.15, -0.1) is 0 Å². The van der Waals surface area contributed by atoms with E-state index < -0.39 is 23.8 Å². The Bertz CT molecular complexity index is 702. The Morgan fingerprint density at radius 3 is 2.19 bits per heavy atom. The number of alkyl halides is 3. The first-order valence-electron chi connectivity index (χ1n) is 7.96. The first-order chi connectivity index (χ1) is 12.3. The molecular weight excluding hydrogens is 347 g/mol. The zero-order chi connectivity index (χ0) is 19.2. The number of amides is 1.